The highest BCUT2D eigenvalue weighted by Gasteiger charge is 2.00. The second-order valence-corrected chi connectivity index (χ2v) is 3.53. The summed E-state index contributed by atoms with van der Waals surface area (Å²) in [4.78, 5) is 8.03. The Morgan fingerprint density at radius 2 is 2.20 bits per heavy atom. The SMILES string of the molecule is SCC#Cc1ccc2c(Cl)ncnc2c1. The summed E-state index contributed by atoms with van der Waals surface area (Å²) in [5.41, 5.74) is 1.72. The Hall–Kier alpha value is -1.24. The Balaban J connectivity index is 2.57. The van der Waals surface area contributed by atoms with Crippen molar-refractivity contribution < 1.29 is 0 Å². The van der Waals surface area contributed by atoms with Crippen LogP contribution >= 0.6 is 24.2 Å². The van der Waals surface area contributed by atoms with Gasteiger partial charge in [0.15, 0.2) is 0 Å². The summed E-state index contributed by atoms with van der Waals surface area (Å²) >= 11 is 9.93. The fraction of sp³-hybridized carbons (Fsp3) is 0.0909. The number of hydrogen-bond donors (Lipinski definition) is 1. The van der Waals surface area contributed by atoms with Gasteiger partial charge < -0.3 is 0 Å². The molecule has 0 saturated carbocycles. The van der Waals surface area contributed by atoms with Gasteiger partial charge in [0.2, 0.25) is 0 Å². The fourth-order valence-corrected chi connectivity index (χ4v) is 1.53. The van der Waals surface area contributed by atoms with Gasteiger partial charge in [-0.05, 0) is 18.2 Å². The lowest BCUT2D eigenvalue weighted by Crippen LogP contribution is -1.84. The summed E-state index contributed by atoms with van der Waals surface area (Å²) < 4.78 is 0. The summed E-state index contributed by atoms with van der Waals surface area (Å²) in [5, 5.41) is 1.31. The second-order valence-electron chi connectivity index (χ2n) is 2.86. The Morgan fingerprint density at radius 1 is 1.33 bits per heavy atom. The van der Waals surface area contributed by atoms with Crippen LogP contribution < -0.4 is 0 Å². The van der Waals surface area contributed by atoms with E-state index in [-0.39, 0.29) is 0 Å². The number of nitrogens with zero attached hydrogens (tertiary/aromatic N) is 2. The van der Waals surface area contributed by atoms with Crippen molar-refractivity contribution in [1.82, 2.24) is 9.97 Å². The molecule has 1 heterocycles. The summed E-state index contributed by atoms with van der Waals surface area (Å²) in [6.07, 6.45) is 1.44. The monoisotopic (exact) mass is 234 g/mol. The molecule has 0 saturated heterocycles. The molecule has 0 amide bonds. The van der Waals surface area contributed by atoms with Crippen LogP contribution in [0.25, 0.3) is 10.9 Å². The largest absolute Gasteiger partial charge is 0.236 e. The molecule has 0 fully saturated rings. The van der Waals surface area contributed by atoms with Crippen molar-refractivity contribution in [2.24, 2.45) is 0 Å². The molecule has 0 aliphatic rings. The fourth-order valence-electron chi connectivity index (χ4n) is 1.24. The molecule has 2 aromatic rings. The standard InChI is InChI=1S/C11H7ClN2S/c12-11-9-4-3-8(2-1-5-15)6-10(9)13-7-14-11/h3-4,6-7,15H,5H2. The molecular weight excluding hydrogens is 228 g/mol. The minimum atomic E-state index is 0.466. The third kappa shape index (κ3) is 2.23. The smallest absolute Gasteiger partial charge is 0.140 e. The lowest BCUT2D eigenvalue weighted by atomic mass is 10.1. The maximum Gasteiger partial charge on any atom is 0.140 e. The van der Waals surface area contributed by atoms with E-state index in [9.17, 15) is 0 Å². The average Bonchev–Trinajstić information content (AvgIpc) is 2.26. The van der Waals surface area contributed by atoms with E-state index in [0.717, 1.165) is 16.5 Å². The normalized spacial score (nSPS) is 9.73. The highest BCUT2D eigenvalue weighted by molar-refractivity contribution is 7.80. The van der Waals surface area contributed by atoms with Crippen LogP contribution in [0.5, 0.6) is 0 Å². The second kappa shape index (κ2) is 4.52. The van der Waals surface area contributed by atoms with E-state index in [1.165, 1.54) is 6.33 Å². The van der Waals surface area contributed by atoms with Gasteiger partial charge in [0.05, 0.1) is 11.3 Å². The Kier molecular flexibility index (Phi) is 3.10. The van der Waals surface area contributed by atoms with E-state index in [2.05, 4.69) is 34.4 Å². The predicted molar refractivity (Wildman–Crippen MR) is 65.3 cm³/mol. The van der Waals surface area contributed by atoms with Crippen molar-refractivity contribution in [1.29, 1.82) is 0 Å². The van der Waals surface area contributed by atoms with Gasteiger partial charge in [0.1, 0.15) is 11.5 Å². The van der Waals surface area contributed by atoms with Crippen LogP contribution in [0.4, 0.5) is 0 Å². The van der Waals surface area contributed by atoms with E-state index >= 15 is 0 Å². The molecule has 0 aliphatic heterocycles. The summed E-state index contributed by atoms with van der Waals surface area (Å²) in [7, 11) is 0. The number of halogens is 1. The number of fused-ring (bicyclic) bond motifs is 1. The van der Waals surface area contributed by atoms with Gasteiger partial charge in [-0.2, -0.15) is 12.6 Å². The first-order valence-corrected chi connectivity index (χ1v) is 5.32. The van der Waals surface area contributed by atoms with Crippen LogP contribution in [-0.2, 0) is 0 Å². The first-order valence-electron chi connectivity index (χ1n) is 4.31. The predicted octanol–water partition coefficient (Wildman–Crippen LogP) is 2.56. The van der Waals surface area contributed by atoms with Crippen molar-refractivity contribution in [2.45, 2.75) is 0 Å². The molecule has 0 bridgehead atoms. The molecule has 1 aromatic carbocycles. The van der Waals surface area contributed by atoms with Crippen LogP contribution in [0.1, 0.15) is 5.56 Å². The number of thiol groups is 1. The maximum atomic E-state index is 5.91. The number of benzene rings is 1. The molecule has 15 heavy (non-hydrogen) atoms. The van der Waals surface area contributed by atoms with Gasteiger partial charge in [-0.25, -0.2) is 9.97 Å². The minimum Gasteiger partial charge on any atom is -0.236 e. The zero-order valence-corrected chi connectivity index (χ0v) is 9.39. The van der Waals surface area contributed by atoms with Gasteiger partial charge in [-0.3, -0.25) is 0 Å². The third-order valence-electron chi connectivity index (χ3n) is 1.90. The van der Waals surface area contributed by atoms with E-state index in [1.54, 1.807) is 0 Å². The van der Waals surface area contributed by atoms with E-state index in [0.29, 0.717) is 10.9 Å². The number of rotatable bonds is 0. The molecule has 1 aromatic heterocycles. The van der Waals surface area contributed by atoms with Crippen LogP contribution in [0.3, 0.4) is 0 Å². The van der Waals surface area contributed by atoms with Crippen LogP contribution in [0.2, 0.25) is 5.15 Å². The van der Waals surface area contributed by atoms with Crippen LogP contribution in [-0.4, -0.2) is 15.7 Å². The van der Waals surface area contributed by atoms with Crippen LogP contribution in [0.15, 0.2) is 24.5 Å². The average molecular weight is 235 g/mol. The molecule has 0 unspecified atom stereocenters. The minimum absolute atomic E-state index is 0.466. The number of hydrogen-bond acceptors (Lipinski definition) is 3. The summed E-state index contributed by atoms with van der Waals surface area (Å²) in [6.45, 7) is 0. The molecule has 4 heteroatoms. The van der Waals surface area contributed by atoms with Gasteiger partial charge in [0.25, 0.3) is 0 Å². The van der Waals surface area contributed by atoms with E-state index in [1.807, 2.05) is 18.2 Å². The zero-order chi connectivity index (χ0) is 10.7. The quantitative estimate of drug-likeness (QED) is 0.431. The van der Waals surface area contributed by atoms with Gasteiger partial charge in [-0.1, -0.05) is 23.4 Å². The van der Waals surface area contributed by atoms with Gasteiger partial charge in [-0.15, -0.1) is 0 Å². The van der Waals surface area contributed by atoms with Crippen molar-refractivity contribution in [2.75, 3.05) is 5.75 Å². The van der Waals surface area contributed by atoms with Crippen molar-refractivity contribution >= 4 is 35.1 Å². The molecule has 0 aliphatic carbocycles. The highest BCUT2D eigenvalue weighted by atomic mass is 35.5. The topological polar surface area (TPSA) is 25.8 Å². The third-order valence-corrected chi connectivity index (χ3v) is 2.36. The Bertz CT molecular complexity index is 557. The summed E-state index contributed by atoms with van der Waals surface area (Å²) in [5.74, 6) is 6.40. The molecule has 0 atom stereocenters. The van der Waals surface area contributed by atoms with Crippen molar-refractivity contribution in [3.8, 4) is 11.8 Å². The zero-order valence-electron chi connectivity index (χ0n) is 7.74. The molecule has 0 radical (unpaired) electrons. The van der Waals surface area contributed by atoms with E-state index < -0.39 is 0 Å². The molecule has 2 rings (SSSR count). The molecular formula is C11H7ClN2S. The lowest BCUT2D eigenvalue weighted by molar-refractivity contribution is 1.22. The van der Waals surface area contributed by atoms with Crippen molar-refractivity contribution in [3.05, 3.63) is 35.2 Å². The number of aromatic nitrogens is 2. The molecule has 2 nitrogen and oxygen atoms in total. The first-order chi connectivity index (χ1) is 7.31. The van der Waals surface area contributed by atoms with Crippen LogP contribution in [0, 0.1) is 11.8 Å². The molecule has 0 spiro atoms. The Morgan fingerprint density at radius 3 is 3.00 bits per heavy atom. The lowest BCUT2D eigenvalue weighted by Gasteiger charge is -1.98. The molecule has 74 valence electrons. The highest BCUT2D eigenvalue weighted by Crippen LogP contribution is 2.19. The summed E-state index contributed by atoms with van der Waals surface area (Å²) in [6, 6.07) is 5.66. The first kappa shape index (κ1) is 10.3. The van der Waals surface area contributed by atoms with Gasteiger partial charge in [0, 0.05) is 10.9 Å². The van der Waals surface area contributed by atoms with Gasteiger partial charge >= 0.3 is 0 Å². The molecule has 0 N–H and O–H groups in total. The van der Waals surface area contributed by atoms with E-state index in [4.69, 9.17) is 11.6 Å². The maximum absolute atomic E-state index is 5.91. The Labute approximate surface area is 98.1 Å². The van der Waals surface area contributed by atoms with Crippen molar-refractivity contribution in [3.63, 3.8) is 0 Å².